The molecule has 1 aromatic carbocycles. The quantitative estimate of drug-likeness (QED) is 0.768. The summed E-state index contributed by atoms with van der Waals surface area (Å²) in [5, 5.41) is 28.0. The van der Waals surface area contributed by atoms with E-state index in [1.807, 2.05) is 0 Å². The Kier molecular flexibility index (Phi) is 5.87. The zero-order valence-corrected chi connectivity index (χ0v) is 11.7. The number of benzene rings is 1. The number of nitrogens with zero attached hydrogens (tertiary/aromatic N) is 1. The number of rotatable bonds is 5. The fraction of sp³-hybridized carbons (Fsp3) is 0.364. The Hall–Kier alpha value is -0.820. The molecule has 18 heavy (non-hydrogen) atoms. The predicted molar refractivity (Wildman–Crippen MR) is 70.8 cm³/mol. The highest BCUT2D eigenvalue weighted by Gasteiger charge is 2.17. The molecule has 0 fully saturated rings. The monoisotopic (exact) mass is 337 g/mol. The van der Waals surface area contributed by atoms with E-state index in [9.17, 15) is 9.90 Å². The van der Waals surface area contributed by atoms with E-state index in [1.165, 1.54) is 0 Å². The van der Waals surface area contributed by atoms with Gasteiger partial charge in [0.05, 0.1) is 24.3 Å². The fourth-order valence-corrected chi connectivity index (χ4v) is 1.86. The topological polar surface area (TPSA) is 81.0 Å². The lowest BCUT2D eigenvalue weighted by Crippen LogP contribution is -2.35. The largest absolute Gasteiger partial charge is 0.465 e. The van der Waals surface area contributed by atoms with Crippen molar-refractivity contribution in [1.29, 1.82) is 0 Å². The summed E-state index contributed by atoms with van der Waals surface area (Å²) in [6, 6.07) is 4.90. The highest BCUT2D eigenvalue weighted by atomic mass is 79.9. The molecule has 0 unspecified atom stereocenters. The predicted octanol–water partition coefficient (Wildman–Crippen LogP) is 2.11. The van der Waals surface area contributed by atoms with Crippen LogP contribution in [0.4, 0.5) is 4.79 Å². The third kappa shape index (κ3) is 4.13. The summed E-state index contributed by atoms with van der Waals surface area (Å²) in [4.78, 5) is 11.8. The van der Waals surface area contributed by atoms with Gasteiger partial charge in [-0.25, -0.2) is 4.79 Å². The molecule has 100 valence electrons. The molecular formula is C11H13BrClNO4. The first-order chi connectivity index (χ1) is 8.45. The minimum atomic E-state index is -1.19. The first-order valence-electron chi connectivity index (χ1n) is 5.17. The highest BCUT2D eigenvalue weighted by Crippen LogP contribution is 2.26. The summed E-state index contributed by atoms with van der Waals surface area (Å²) in [5.41, 5.74) is 0.521. The maximum absolute atomic E-state index is 10.8. The van der Waals surface area contributed by atoms with E-state index >= 15 is 0 Å². The van der Waals surface area contributed by atoms with E-state index in [2.05, 4.69) is 15.9 Å². The lowest BCUT2D eigenvalue weighted by atomic mass is 10.1. The molecule has 0 aliphatic heterocycles. The number of aliphatic hydroxyl groups excluding tert-OH is 2. The zero-order chi connectivity index (χ0) is 13.7. The normalized spacial score (nSPS) is 12.2. The van der Waals surface area contributed by atoms with Gasteiger partial charge in [0.15, 0.2) is 0 Å². The minimum Gasteiger partial charge on any atom is -0.465 e. The van der Waals surface area contributed by atoms with Crippen molar-refractivity contribution < 1.29 is 20.1 Å². The summed E-state index contributed by atoms with van der Waals surface area (Å²) >= 11 is 9.12. The Bertz CT molecular complexity index is 430. The average Bonchev–Trinajstić information content (AvgIpc) is 2.31. The van der Waals surface area contributed by atoms with E-state index in [1.54, 1.807) is 18.2 Å². The van der Waals surface area contributed by atoms with Gasteiger partial charge < -0.3 is 20.2 Å². The van der Waals surface area contributed by atoms with E-state index < -0.39 is 12.2 Å². The van der Waals surface area contributed by atoms with Crippen molar-refractivity contribution in [2.24, 2.45) is 0 Å². The van der Waals surface area contributed by atoms with Crippen LogP contribution in [0.3, 0.4) is 0 Å². The average molecular weight is 339 g/mol. The first kappa shape index (κ1) is 15.2. The Morgan fingerprint density at radius 2 is 2.17 bits per heavy atom. The Balaban J connectivity index is 2.76. The summed E-state index contributed by atoms with van der Waals surface area (Å²) in [6.07, 6.45) is -2.18. The van der Waals surface area contributed by atoms with Crippen LogP contribution in [0.1, 0.15) is 11.7 Å². The van der Waals surface area contributed by atoms with Gasteiger partial charge in [-0.3, -0.25) is 0 Å². The zero-order valence-electron chi connectivity index (χ0n) is 9.38. The second-order valence-electron chi connectivity index (χ2n) is 3.64. The molecule has 0 saturated carbocycles. The molecule has 5 nitrogen and oxygen atoms in total. The highest BCUT2D eigenvalue weighted by molar-refractivity contribution is 9.10. The van der Waals surface area contributed by atoms with Gasteiger partial charge in [-0.05, 0) is 33.6 Å². The van der Waals surface area contributed by atoms with Crippen molar-refractivity contribution in [3.63, 3.8) is 0 Å². The van der Waals surface area contributed by atoms with Crippen LogP contribution in [0.15, 0.2) is 22.7 Å². The number of carboxylic acid groups (broad SMARTS) is 1. The first-order valence-corrected chi connectivity index (χ1v) is 6.34. The lowest BCUT2D eigenvalue weighted by Gasteiger charge is -2.21. The van der Waals surface area contributed by atoms with Gasteiger partial charge in [0.1, 0.15) is 0 Å². The number of amides is 1. The van der Waals surface area contributed by atoms with Gasteiger partial charge in [0, 0.05) is 11.0 Å². The molecule has 0 spiro atoms. The van der Waals surface area contributed by atoms with Crippen LogP contribution < -0.4 is 0 Å². The van der Waals surface area contributed by atoms with Gasteiger partial charge in [-0.2, -0.15) is 0 Å². The van der Waals surface area contributed by atoms with Crippen LogP contribution in [0.2, 0.25) is 5.02 Å². The summed E-state index contributed by atoms with van der Waals surface area (Å²) in [6.45, 7) is -0.454. The third-order valence-electron chi connectivity index (χ3n) is 2.36. The van der Waals surface area contributed by atoms with E-state index in [-0.39, 0.29) is 19.7 Å². The van der Waals surface area contributed by atoms with Crippen LogP contribution >= 0.6 is 27.5 Å². The molecule has 3 N–H and O–H groups in total. The smallest absolute Gasteiger partial charge is 0.407 e. The standard InChI is InChI=1S/C11H13BrClNO4/c12-8-2-1-7(5-9(8)13)10(16)6-14(3-4-15)11(17)18/h1-2,5,10,15-16H,3-4,6H2,(H,17,18)/t10-/m1/s1. The third-order valence-corrected chi connectivity index (χ3v) is 3.59. The fourth-order valence-electron chi connectivity index (χ4n) is 1.42. The molecule has 1 amide bonds. The summed E-state index contributed by atoms with van der Waals surface area (Å²) in [5.74, 6) is 0. The van der Waals surface area contributed by atoms with Gasteiger partial charge in [0.2, 0.25) is 0 Å². The van der Waals surface area contributed by atoms with Crippen molar-refractivity contribution in [2.45, 2.75) is 6.10 Å². The number of hydrogen-bond donors (Lipinski definition) is 3. The molecule has 0 aromatic heterocycles. The van der Waals surface area contributed by atoms with Crippen molar-refractivity contribution >= 4 is 33.6 Å². The van der Waals surface area contributed by atoms with Gasteiger partial charge in [-0.15, -0.1) is 0 Å². The summed E-state index contributed by atoms with van der Waals surface area (Å²) < 4.78 is 0.700. The Labute approximate surface area is 118 Å². The number of halogens is 2. The second kappa shape index (κ2) is 6.94. The lowest BCUT2D eigenvalue weighted by molar-refractivity contribution is 0.0872. The number of hydrogen-bond acceptors (Lipinski definition) is 3. The molecule has 1 rings (SSSR count). The van der Waals surface area contributed by atoms with Gasteiger partial charge >= 0.3 is 6.09 Å². The van der Waals surface area contributed by atoms with Gasteiger partial charge in [-0.1, -0.05) is 17.7 Å². The molecule has 1 aromatic rings. The van der Waals surface area contributed by atoms with Crippen LogP contribution in [0, 0.1) is 0 Å². The van der Waals surface area contributed by atoms with Crippen molar-refractivity contribution in [3.05, 3.63) is 33.3 Å². The van der Waals surface area contributed by atoms with Crippen molar-refractivity contribution in [3.8, 4) is 0 Å². The van der Waals surface area contributed by atoms with Crippen molar-refractivity contribution in [2.75, 3.05) is 19.7 Å². The molecule has 7 heteroatoms. The maximum Gasteiger partial charge on any atom is 0.407 e. The second-order valence-corrected chi connectivity index (χ2v) is 4.90. The van der Waals surface area contributed by atoms with Crippen LogP contribution in [-0.2, 0) is 0 Å². The molecule has 0 bridgehead atoms. The SMILES string of the molecule is O=C(O)N(CCO)C[C@@H](O)c1ccc(Br)c(Cl)c1. The van der Waals surface area contributed by atoms with Crippen LogP contribution in [0.5, 0.6) is 0 Å². The molecule has 0 aliphatic rings. The molecular weight excluding hydrogens is 325 g/mol. The molecule has 0 saturated heterocycles. The maximum atomic E-state index is 10.8. The van der Waals surface area contributed by atoms with Crippen LogP contribution in [0.25, 0.3) is 0 Å². The van der Waals surface area contributed by atoms with Crippen molar-refractivity contribution in [1.82, 2.24) is 4.90 Å². The number of carbonyl (C=O) groups is 1. The minimum absolute atomic E-state index is 0.0450. The number of aliphatic hydroxyl groups is 2. The molecule has 0 heterocycles. The van der Waals surface area contributed by atoms with Crippen LogP contribution in [-0.4, -0.2) is 46.0 Å². The summed E-state index contributed by atoms with van der Waals surface area (Å²) in [7, 11) is 0. The Morgan fingerprint density at radius 1 is 1.50 bits per heavy atom. The molecule has 0 aliphatic carbocycles. The van der Waals surface area contributed by atoms with Gasteiger partial charge in [0.25, 0.3) is 0 Å². The van der Waals surface area contributed by atoms with E-state index in [4.69, 9.17) is 21.8 Å². The van der Waals surface area contributed by atoms with E-state index in [0.29, 0.717) is 15.1 Å². The molecule has 1 atom stereocenters. The molecule has 0 radical (unpaired) electrons. The Morgan fingerprint density at radius 3 is 2.67 bits per heavy atom. The van der Waals surface area contributed by atoms with E-state index in [0.717, 1.165) is 4.90 Å².